The summed E-state index contributed by atoms with van der Waals surface area (Å²) >= 11 is 0. The van der Waals surface area contributed by atoms with E-state index in [4.69, 9.17) is 0 Å². The van der Waals surface area contributed by atoms with Crippen molar-refractivity contribution in [2.45, 2.75) is 6.54 Å². The number of benzene rings is 1. The van der Waals surface area contributed by atoms with Crippen LogP contribution in [0.4, 0.5) is 11.4 Å². The standard InChI is InChI=1S/C9H8N4O3/c14-13(15)8-3-1-7(2-4-8)10-5-9-11-6-16-12-9/h1-4,6,10H,5H2. The van der Waals surface area contributed by atoms with Crippen molar-refractivity contribution in [1.82, 2.24) is 10.1 Å². The Morgan fingerprint density at radius 3 is 2.69 bits per heavy atom. The van der Waals surface area contributed by atoms with Gasteiger partial charge in [0, 0.05) is 17.8 Å². The van der Waals surface area contributed by atoms with Gasteiger partial charge < -0.3 is 9.84 Å². The summed E-state index contributed by atoms with van der Waals surface area (Å²) in [6.07, 6.45) is 1.24. The molecule has 0 spiro atoms. The van der Waals surface area contributed by atoms with Crippen molar-refractivity contribution < 1.29 is 9.45 Å². The lowest BCUT2D eigenvalue weighted by Gasteiger charge is -2.02. The average Bonchev–Trinajstić information content (AvgIpc) is 2.80. The van der Waals surface area contributed by atoms with E-state index in [9.17, 15) is 10.1 Å². The topological polar surface area (TPSA) is 94.1 Å². The number of rotatable bonds is 4. The van der Waals surface area contributed by atoms with Crippen LogP contribution in [-0.4, -0.2) is 15.1 Å². The molecule has 0 radical (unpaired) electrons. The molecule has 7 heteroatoms. The molecule has 1 N–H and O–H groups in total. The van der Waals surface area contributed by atoms with Gasteiger partial charge in [0.15, 0.2) is 5.82 Å². The second-order valence-electron chi connectivity index (χ2n) is 3.00. The average molecular weight is 220 g/mol. The number of hydrogen-bond donors (Lipinski definition) is 1. The quantitative estimate of drug-likeness (QED) is 0.621. The molecule has 0 aliphatic rings. The van der Waals surface area contributed by atoms with Crippen LogP contribution in [-0.2, 0) is 6.54 Å². The van der Waals surface area contributed by atoms with Crippen molar-refractivity contribution in [2.75, 3.05) is 5.32 Å². The summed E-state index contributed by atoms with van der Waals surface area (Å²) in [6.45, 7) is 0.411. The van der Waals surface area contributed by atoms with Crippen molar-refractivity contribution in [1.29, 1.82) is 0 Å². The third-order valence-corrected chi connectivity index (χ3v) is 1.94. The number of anilines is 1. The Balaban J connectivity index is 1.98. The number of non-ortho nitro benzene ring substituents is 1. The third-order valence-electron chi connectivity index (χ3n) is 1.94. The first-order valence-corrected chi connectivity index (χ1v) is 4.49. The second-order valence-corrected chi connectivity index (χ2v) is 3.00. The molecule has 0 saturated heterocycles. The first-order valence-electron chi connectivity index (χ1n) is 4.49. The molecule has 82 valence electrons. The maximum Gasteiger partial charge on any atom is 0.269 e. The Morgan fingerprint density at radius 1 is 1.38 bits per heavy atom. The van der Waals surface area contributed by atoms with Gasteiger partial charge in [-0.25, -0.2) is 0 Å². The Hall–Kier alpha value is -2.44. The normalized spacial score (nSPS) is 10.0. The van der Waals surface area contributed by atoms with Crippen LogP contribution < -0.4 is 5.32 Å². The largest absolute Gasteiger partial charge is 0.378 e. The van der Waals surface area contributed by atoms with Gasteiger partial charge in [-0.2, -0.15) is 4.98 Å². The van der Waals surface area contributed by atoms with Crippen LogP contribution in [0.2, 0.25) is 0 Å². The molecule has 2 aromatic rings. The monoisotopic (exact) mass is 220 g/mol. The van der Waals surface area contributed by atoms with E-state index in [0.29, 0.717) is 12.4 Å². The number of nitrogens with zero attached hydrogens (tertiary/aromatic N) is 3. The maximum atomic E-state index is 10.4. The number of nitro groups is 1. The first-order chi connectivity index (χ1) is 7.75. The molecular formula is C9H8N4O3. The lowest BCUT2D eigenvalue weighted by molar-refractivity contribution is -0.384. The molecule has 0 atom stereocenters. The van der Waals surface area contributed by atoms with Crippen molar-refractivity contribution in [3.63, 3.8) is 0 Å². The highest BCUT2D eigenvalue weighted by molar-refractivity contribution is 5.48. The highest BCUT2D eigenvalue weighted by Gasteiger charge is 2.04. The van der Waals surface area contributed by atoms with E-state index < -0.39 is 4.92 Å². The van der Waals surface area contributed by atoms with Crippen LogP contribution in [0.3, 0.4) is 0 Å². The minimum Gasteiger partial charge on any atom is -0.378 e. The van der Waals surface area contributed by atoms with Gasteiger partial charge in [0.25, 0.3) is 5.69 Å². The predicted octanol–water partition coefficient (Wildman–Crippen LogP) is 1.59. The number of nitro benzene ring substituents is 1. The Bertz CT molecular complexity index is 466. The van der Waals surface area contributed by atoms with Crippen molar-refractivity contribution in [2.24, 2.45) is 0 Å². The van der Waals surface area contributed by atoms with Gasteiger partial charge >= 0.3 is 0 Å². The molecule has 1 aromatic carbocycles. The Morgan fingerprint density at radius 2 is 2.12 bits per heavy atom. The molecule has 16 heavy (non-hydrogen) atoms. The van der Waals surface area contributed by atoms with Gasteiger partial charge in [-0.3, -0.25) is 10.1 Å². The molecule has 1 aromatic heterocycles. The molecule has 1 heterocycles. The third kappa shape index (κ3) is 2.32. The van der Waals surface area contributed by atoms with Gasteiger partial charge in [-0.05, 0) is 12.1 Å². The predicted molar refractivity (Wildman–Crippen MR) is 54.7 cm³/mol. The van der Waals surface area contributed by atoms with E-state index >= 15 is 0 Å². The molecule has 7 nitrogen and oxygen atoms in total. The van der Waals surface area contributed by atoms with Gasteiger partial charge in [0.1, 0.15) is 0 Å². The van der Waals surface area contributed by atoms with Crippen molar-refractivity contribution in [3.8, 4) is 0 Å². The van der Waals surface area contributed by atoms with E-state index in [0.717, 1.165) is 5.69 Å². The summed E-state index contributed by atoms with van der Waals surface area (Å²) < 4.78 is 4.56. The van der Waals surface area contributed by atoms with Crippen LogP contribution >= 0.6 is 0 Å². The van der Waals surface area contributed by atoms with Gasteiger partial charge in [0.05, 0.1) is 11.5 Å². The summed E-state index contributed by atoms with van der Waals surface area (Å²) in [5, 5.41) is 17.0. The molecule has 2 rings (SSSR count). The number of hydrogen-bond acceptors (Lipinski definition) is 6. The fourth-order valence-electron chi connectivity index (χ4n) is 1.15. The van der Waals surface area contributed by atoms with Crippen LogP contribution in [0.15, 0.2) is 35.2 Å². The molecule has 0 unspecified atom stereocenters. The van der Waals surface area contributed by atoms with Crippen LogP contribution in [0.5, 0.6) is 0 Å². The Kier molecular flexibility index (Phi) is 2.77. The molecule has 0 fully saturated rings. The zero-order valence-corrected chi connectivity index (χ0v) is 8.16. The SMILES string of the molecule is O=[N+]([O-])c1ccc(NCc2ncon2)cc1. The van der Waals surface area contributed by atoms with E-state index in [1.807, 2.05) is 0 Å². The van der Waals surface area contributed by atoms with Gasteiger partial charge in [0.2, 0.25) is 6.39 Å². The molecule has 0 bridgehead atoms. The van der Waals surface area contributed by atoms with Crippen LogP contribution in [0.25, 0.3) is 0 Å². The van der Waals surface area contributed by atoms with Crippen molar-refractivity contribution in [3.05, 3.63) is 46.6 Å². The zero-order valence-electron chi connectivity index (χ0n) is 8.16. The highest BCUT2D eigenvalue weighted by atomic mass is 16.6. The minimum absolute atomic E-state index is 0.0603. The molecule has 0 aliphatic heterocycles. The smallest absolute Gasteiger partial charge is 0.269 e. The first kappa shape index (κ1) is 10.1. The fourth-order valence-corrected chi connectivity index (χ4v) is 1.15. The second kappa shape index (κ2) is 4.39. The molecular weight excluding hydrogens is 212 g/mol. The zero-order chi connectivity index (χ0) is 11.4. The highest BCUT2D eigenvalue weighted by Crippen LogP contribution is 2.15. The van der Waals surface area contributed by atoms with E-state index in [2.05, 4.69) is 20.0 Å². The van der Waals surface area contributed by atoms with Crippen LogP contribution in [0, 0.1) is 10.1 Å². The fraction of sp³-hybridized carbons (Fsp3) is 0.111. The summed E-state index contributed by atoms with van der Waals surface area (Å²) in [6, 6.07) is 6.10. The summed E-state index contributed by atoms with van der Waals surface area (Å²) in [5.41, 5.74) is 0.820. The molecule has 0 amide bonds. The lowest BCUT2D eigenvalue weighted by atomic mass is 10.3. The molecule has 0 saturated carbocycles. The molecule has 0 aliphatic carbocycles. The van der Waals surface area contributed by atoms with E-state index in [1.165, 1.54) is 18.5 Å². The minimum atomic E-state index is -0.442. The lowest BCUT2D eigenvalue weighted by Crippen LogP contribution is -2.00. The maximum absolute atomic E-state index is 10.4. The summed E-state index contributed by atoms with van der Waals surface area (Å²) in [4.78, 5) is 13.8. The van der Waals surface area contributed by atoms with E-state index in [-0.39, 0.29) is 5.69 Å². The Labute approximate surface area is 90.2 Å². The number of aromatic nitrogens is 2. The van der Waals surface area contributed by atoms with Crippen molar-refractivity contribution >= 4 is 11.4 Å². The van der Waals surface area contributed by atoms with Gasteiger partial charge in [-0.15, -0.1) is 0 Å². The van der Waals surface area contributed by atoms with Gasteiger partial charge in [-0.1, -0.05) is 5.16 Å². The summed E-state index contributed by atoms with van der Waals surface area (Å²) in [7, 11) is 0. The summed E-state index contributed by atoms with van der Waals surface area (Å²) in [5.74, 6) is 0.526. The van der Waals surface area contributed by atoms with Crippen LogP contribution in [0.1, 0.15) is 5.82 Å². The number of nitrogens with one attached hydrogen (secondary N) is 1. The van der Waals surface area contributed by atoms with E-state index in [1.54, 1.807) is 12.1 Å².